The molecule has 0 spiro atoms. The van der Waals surface area contributed by atoms with Crippen LogP contribution < -0.4 is 5.32 Å². The van der Waals surface area contributed by atoms with Gasteiger partial charge in [-0.15, -0.1) is 0 Å². The number of benzene rings is 1. The first-order chi connectivity index (χ1) is 9.26. The van der Waals surface area contributed by atoms with Gasteiger partial charge in [-0.1, -0.05) is 66.5 Å². The van der Waals surface area contributed by atoms with E-state index in [1.165, 1.54) is 11.1 Å². The molecule has 0 aromatic heterocycles. The van der Waals surface area contributed by atoms with E-state index >= 15 is 0 Å². The van der Waals surface area contributed by atoms with Gasteiger partial charge in [0.2, 0.25) is 5.91 Å². The number of alkyl halides is 1. The van der Waals surface area contributed by atoms with Gasteiger partial charge in [0.15, 0.2) is 0 Å². The van der Waals surface area contributed by atoms with Gasteiger partial charge in [-0.3, -0.25) is 4.79 Å². The van der Waals surface area contributed by atoms with Crippen molar-refractivity contribution in [2.24, 2.45) is 5.41 Å². The topological polar surface area (TPSA) is 29.1 Å². The number of amides is 1. The molecule has 0 aliphatic carbocycles. The molecule has 0 saturated carbocycles. The number of aryl methyl sites for hydroxylation is 2. The van der Waals surface area contributed by atoms with Crippen LogP contribution in [-0.2, 0) is 11.2 Å². The Morgan fingerprint density at radius 1 is 1.35 bits per heavy atom. The van der Waals surface area contributed by atoms with E-state index in [9.17, 15) is 4.79 Å². The van der Waals surface area contributed by atoms with Gasteiger partial charge in [-0.05, 0) is 30.7 Å². The number of hydrogen-bond acceptors (Lipinski definition) is 1. The molecular formula is C17H26BrNO. The molecule has 1 amide bonds. The number of hydrogen-bond donors (Lipinski definition) is 1. The molecule has 1 aromatic rings. The van der Waals surface area contributed by atoms with Crippen LogP contribution in [-0.4, -0.2) is 17.3 Å². The van der Waals surface area contributed by atoms with E-state index in [-0.39, 0.29) is 11.3 Å². The van der Waals surface area contributed by atoms with Crippen molar-refractivity contribution >= 4 is 21.8 Å². The molecule has 1 rings (SSSR count). The summed E-state index contributed by atoms with van der Waals surface area (Å²) in [5.74, 6) is 0.130. The Morgan fingerprint density at radius 2 is 2.05 bits per heavy atom. The molecule has 1 atom stereocenters. The Morgan fingerprint density at radius 3 is 2.65 bits per heavy atom. The maximum Gasteiger partial charge on any atom is 0.220 e. The molecule has 0 radical (unpaired) electrons. The standard InChI is InChI=1S/C17H26BrNO/c1-13-6-5-7-14(10-13)8-9-16(20)19-12-15(18)11-17(2,3)4/h5-7,10,15H,8-9,11-12H2,1-4H3,(H,19,20). The lowest BCUT2D eigenvalue weighted by Crippen LogP contribution is -2.31. The summed E-state index contributed by atoms with van der Waals surface area (Å²) in [6.07, 6.45) is 2.41. The van der Waals surface area contributed by atoms with Crippen molar-refractivity contribution in [2.75, 3.05) is 6.54 Å². The van der Waals surface area contributed by atoms with Crippen LogP contribution in [0.1, 0.15) is 44.7 Å². The first kappa shape index (κ1) is 17.2. The van der Waals surface area contributed by atoms with E-state index in [1.54, 1.807) is 0 Å². The summed E-state index contributed by atoms with van der Waals surface area (Å²) >= 11 is 3.63. The molecule has 0 aliphatic heterocycles. The SMILES string of the molecule is Cc1cccc(CCC(=O)NCC(Br)CC(C)(C)C)c1. The molecule has 1 unspecified atom stereocenters. The van der Waals surface area contributed by atoms with Crippen molar-refractivity contribution in [1.82, 2.24) is 5.32 Å². The summed E-state index contributed by atoms with van der Waals surface area (Å²) < 4.78 is 0. The second-order valence-electron chi connectivity index (χ2n) is 6.66. The van der Waals surface area contributed by atoms with Crippen LogP contribution in [0, 0.1) is 12.3 Å². The third-order valence-corrected chi connectivity index (χ3v) is 3.73. The second kappa shape index (κ2) is 7.82. The van der Waals surface area contributed by atoms with E-state index < -0.39 is 0 Å². The molecule has 0 bridgehead atoms. The molecule has 112 valence electrons. The highest BCUT2D eigenvalue weighted by atomic mass is 79.9. The fraction of sp³-hybridized carbons (Fsp3) is 0.588. The largest absolute Gasteiger partial charge is 0.355 e. The molecule has 0 heterocycles. The molecule has 1 aromatic carbocycles. The Labute approximate surface area is 131 Å². The van der Waals surface area contributed by atoms with Crippen molar-refractivity contribution in [2.45, 2.75) is 51.8 Å². The van der Waals surface area contributed by atoms with Crippen molar-refractivity contribution in [3.63, 3.8) is 0 Å². The van der Waals surface area contributed by atoms with Gasteiger partial charge in [0.05, 0.1) is 0 Å². The Bertz CT molecular complexity index is 437. The van der Waals surface area contributed by atoms with Gasteiger partial charge in [0, 0.05) is 17.8 Å². The van der Waals surface area contributed by atoms with Gasteiger partial charge >= 0.3 is 0 Å². The maximum atomic E-state index is 11.8. The highest BCUT2D eigenvalue weighted by Gasteiger charge is 2.16. The average Bonchev–Trinajstić information content (AvgIpc) is 2.32. The smallest absolute Gasteiger partial charge is 0.220 e. The summed E-state index contributed by atoms with van der Waals surface area (Å²) in [6.45, 7) is 9.40. The molecular weight excluding hydrogens is 314 g/mol. The zero-order valence-corrected chi connectivity index (χ0v) is 14.6. The van der Waals surface area contributed by atoms with E-state index in [0.29, 0.717) is 17.8 Å². The maximum absolute atomic E-state index is 11.8. The predicted molar refractivity (Wildman–Crippen MR) is 89.3 cm³/mol. The van der Waals surface area contributed by atoms with Gasteiger partial charge in [0.25, 0.3) is 0 Å². The number of halogens is 1. The van der Waals surface area contributed by atoms with Gasteiger partial charge in [-0.2, -0.15) is 0 Å². The van der Waals surface area contributed by atoms with Gasteiger partial charge in [0.1, 0.15) is 0 Å². The minimum atomic E-state index is 0.130. The first-order valence-electron chi connectivity index (χ1n) is 7.22. The number of nitrogens with one attached hydrogen (secondary N) is 1. The van der Waals surface area contributed by atoms with Crippen LogP contribution >= 0.6 is 15.9 Å². The van der Waals surface area contributed by atoms with Crippen LogP contribution in [0.5, 0.6) is 0 Å². The molecule has 0 fully saturated rings. The second-order valence-corrected chi connectivity index (χ2v) is 7.95. The Kier molecular flexibility index (Phi) is 6.74. The average molecular weight is 340 g/mol. The predicted octanol–water partition coefficient (Wildman–Crippen LogP) is 4.24. The molecule has 3 heteroatoms. The van der Waals surface area contributed by atoms with Gasteiger partial charge < -0.3 is 5.32 Å². The third-order valence-electron chi connectivity index (χ3n) is 3.08. The fourth-order valence-corrected chi connectivity index (χ4v) is 3.31. The molecule has 20 heavy (non-hydrogen) atoms. The number of carbonyl (C=O) groups is 1. The molecule has 1 N–H and O–H groups in total. The lowest BCUT2D eigenvalue weighted by molar-refractivity contribution is -0.121. The van der Waals surface area contributed by atoms with E-state index in [0.717, 1.165) is 12.8 Å². The summed E-state index contributed by atoms with van der Waals surface area (Å²) in [5.41, 5.74) is 2.75. The normalized spacial score (nSPS) is 13.1. The van der Waals surface area contributed by atoms with Crippen molar-refractivity contribution in [3.8, 4) is 0 Å². The van der Waals surface area contributed by atoms with Crippen LogP contribution in [0.15, 0.2) is 24.3 Å². The van der Waals surface area contributed by atoms with Crippen molar-refractivity contribution in [3.05, 3.63) is 35.4 Å². The highest BCUT2D eigenvalue weighted by molar-refractivity contribution is 9.09. The third kappa shape index (κ3) is 7.68. The van der Waals surface area contributed by atoms with Crippen LogP contribution in [0.2, 0.25) is 0 Å². The summed E-state index contributed by atoms with van der Waals surface area (Å²) in [5, 5.41) is 3.00. The van der Waals surface area contributed by atoms with Crippen LogP contribution in [0.4, 0.5) is 0 Å². The first-order valence-corrected chi connectivity index (χ1v) is 8.14. The summed E-state index contributed by atoms with van der Waals surface area (Å²) in [7, 11) is 0. The van der Waals surface area contributed by atoms with Crippen molar-refractivity contribution < 1.29 is 4.79 Å². The lowest BCUT2D eigenvalue weighted by Gasteiger charge is -2.22. The zero-order chi connectivity index (χ0) is 15.2. The molecule has 0 aliphatic rings. The van der Waals surface area contributed by atoms with E-state index in [2.05, 4.69) is 67.1 Å². The van der Waals surface area contributed by atoms with Gasteiger partial charge in [-0.25, -0.2) is 0 Å². The van der Waals surface area contributed by atoms with E-state index in [4.69, 9.17) is 0 Å². The van der Waals surface area contributed by atoms with Crippen LogP contribution in [0.25, 0.3) is 0 Å². The number of carbonyl (C=O) groups excluding carboxylic acids is 1. The fourth-order valence-electron chi connectivity index (χ4n) is 2.18. The quantitative estimate of drug-likeness (QED) is 0.771. The summed E-state index contributed by atoms with van der Waals surface area (Å²) in [4.78, 5) is 12.2. The minimum Gasteiger partial charge on any atom is -0.355 e. The number of rotatable bonds is 6. The Balaban J connectivity index is 2.27. The zero-order valence-electron chi connectivity index (χ0n) is 13.0. The monoisotopic (exact) mass is 339 g/mol. The summed E-state index contributed by atoms with van der Waals surface area (Å²) in [6, 6.07) is 8.33. The highest BCUT2D eigenvalue weighted by Crippen LogP contribution is 2.24. The molecule has 0 saturated heterocycles. The Hall–Kier alpha value is -0.830. The van der Waals surface area contributed by atoms with E-state index in [1.807, 2.05) is 6.07 Å². The van der Waals surface area contributed by atoms with Crippen molar-refractivity contribution in [1.29, 1.82) is 0 Å². The lowest BCUT2D eigenvalue weighted by atomic mass is 9.90. The van der Waals surface area contributed by atoms with Crippen LogP contribution in [0.3, 0.4) is 0 Å². The minimum absolute atomic E-state index is 0.130. The molecule has 2 nitrogen and oxygen atoms in total.